The van der Waals surface area contributed by atoms with Crippen LogP contribution in [0.1, 0.15) is 71.6 Å². The number of hydrogen-bond donors (Lipinski definition) is 1. The molecule has 1 spiro atoms. The Morgan fingerprint density at radius 3 is 2.67 bits per heavy atom. The molecule has 4 aliphatic rings. The largest absolute Gasteiger partial charge is 0.396 e. The molecule has 4 fully saturated rings. The van der Waals surface area contributed by atoms with E-state index in [0.29, 0.717) is 35.1 Å². The summed E-state index contributed by atoms with van der Waals surface area (Å²) in [5, 5.41) is 10.0. The Labute approximate surface area is 128 Å². The summed E-state index contributed by atoms with van der Waals surface area (Å²) >= 11 is 0. The van der Waals surface area contributed by atoms with Gasteiger partial charge in [-0.25, -0.2) is 0 Å². The van der Waals surface area contributed by atoms with Gasteiger partial charge in [0.2, 0.25) is 0 Å². The minimum atomic E-state index is 0.119. The van der Waals surface area contributed by atoms with Gasteiger partial charge < -0.3 is 5.11 Å². The molecule has 2 heteroatoms. The Balaban J connectivity index is 1.73. The number of carbonyl (C=O) groups is 1. The van der Waals surface area contributed by atoms with Crippen molar-refractivity contribution in [2.75, 3.05) is 6.61 Å². The minimum absolute atomic E-state index is 0.119. The molecule has 0 aromatic rings. The predicted molar refractivity (Wildman–Crippen MR) is 82.8 cm³/mol. The second-order valence-electron chi connectivity index (χ2n) is 9.30. The number of fused-ring (bicyclic) bond motifs is 3. The molecule has 2 unspecified atom stereocenters. The second-order valence-corrected chi connectivity index (χ2v) is 9.30. The summed E-state index contributed by atoms with van der Waals surface area (Å²) in [6, 6.07) is 0. The SMILES string of the molecule is C[C@@]1(CO)CCC[C@]2(C)C1CC[C@]13CC(=O)[C@H](CCC12)C3. The molecular formula is C19H30O2. The van der Waals surface area contributed by atoms with E-state index in [-0.39, 0.29) is 5.41 Å². The molecule has 1 N–H and O–H groups in total. The van der Waals surface area contributed by atoms with E-state index in [4.69, 9.17) is 0 Å². The first-order valence-corrected chi connectivity index (χ1v) is 9.07. The maximum atomic E-state index is 12.3. The first-order chi connectivity index (χ1) is 9.94. The van der Waals surface area contributed by atoms with Crippen LogP contribution in [0.3, 0.4) is 0 Å². The number of aliphatic hydroxyl groups is 1. The van der Waals surface area contributed by atoms with E-state index in [1.54, 1.807) is 0 Å². The molecule has 6 atom stereocenters. The van der Waals surface area contributed by atoms with Gasteiger partial charge in [-0.1, -0.05) is 20.3 Å². The van der Waals surface area contributed by atoms with Crippen molar-refractivity contribution in [3.05, 3.63) is 0 Å². The lowest BCUT2D eigenvalue weighted by atomic mass is 9.41. The van der Waals surface area contributed by atoms with Crippen molar-refractivity contribution in [1.82, 2.24) is 0 Å². The lowest BCUT2D eigenvalue weighted by molar-refractivity contribution is -0.159. The molecule has 4 rings (SSSR count). The number of aliphatic hydroxyl groups excluding tert-OH is 1. The summed E-state index contributed by atoms with van der Waals surface area (Å²) in [5.41, 5.74) is 0.830. The summed E-state index contributed by atoms with van der Waals surface area (Å²) in [7, 11) is 0. The van der Waals surface area contributed by atoms with Gasteiger partial charge in [0, 0.05) is 18.9 Å². The third-order valence-electron chi connectivity index (χ3n) is 8.37. The van der Waals surface area contributed by atoms with Gasteiger partial charge in [0.1, 0.15) is 5.78 Å². The average molecular weight is 290 g/mol. The fourth-order valence-electron chi connectivity index (χ4n) is 7.50. The first-order valence-electron chi connectivity index (χ1n) is 9.07. The summed E-state index contributed by atoms with van der Waals surface area (Å²) in [5.74, 6) is 2.36. The standard InChI is InChI=1S/C19H30O2/c1-17(12-20)7-3-8-18(2)15(17)6-9-19-10-13(14(21)11-19)4-5-16(18)19/h13,15-16,20H,3-12H2,1-2H3/t13-,15?,16?,17+,18-,19+/m1/s1. The summed E-state index contributed by atoms with van der Waals surface area (Å²) in [6.07, 6.45) is 10.7. The highest BCUT2D eigenvalue weighted by molar-refractivity contribution is 5.84. The van der Waals surface area contributed by atoms with E-state index < -0.39 is 0 Å². The predicted octanol–water partition coefficient (Wildman–Crippen LogP) is 3.96. The van der Waals surface area contributed by atoms with Gasteiger partial charge in [0.15, 0.2) is 0 Å². The molecule has 0 amide bonds. The summed E-state index contributed by atoms with van der Waals surface area (Å²) in [4.78, 5) is 12.3. The summed E-state index contributed by atoms with van der Waals surface area (Å²) < 4.78 is 0. The zero-order valence-corrected chi connectivity index (χ0v) is 13.7. The van der Waals surface area contributed by atoms with Crippen LogP contribution in [0.4, 0.5) is 0 Å². The normalized spacial score (nSPS) is 56.0. The van der Waals surface area contributed by atoms with E-state index in [0.717, 1.165) is 18.8 Å². The Kier molecular flexibility index (Phi) is 2.94. The zero-order valence-electron chi connectivity index (χ0n) is 13.7. The van der Waals surface area contributed by atoms with Crippen LogP contribution >= 0.6 is 0 Å². The highest BCUT2D eigenvalue weighted by Gasteiger charge is 2.64. The highest BCUT2D eigenvalue weighted by Crippen LogP contribution is 2.70. The molecule has 0 aromatic carbocycles. The number of ketones is 1. The van der Waals surface area contributed by atoms with Crippen molar-refractivity contribution in [1.29, 1.82) is 0 Å². The highest BCUT2D eigenvalue weighted by atomic mass is 16.3. The monoisotopic (exact) mass is 290 g/mol. The van der Waals surface area contributed by atoms with Crippen LogP contribution < -0.4 is 0 Å². The van der Waals surface area contributed by atoms with E-state index in [2.05, 4.69) is 13.8 Å². The van der Waals surface area contributed by atoms with E-state index in [1.807, 2.05) is 0 Å². The Morgan fingerprint density at radius 2 is 1.90 bits per heavy atom. The van der Waals surface area contributed by atoms with Crippen molar-refractivity contribution >= 4 is 5.78 Å². The molecule has 118 valence electrons. The van der Waals surface area contributed by atoms with Crippen LogP contribution in [0.25, 0.3) is 0 Å². The average Bonchev–Trinajstić information content (AvgIpc) is 2.68. The quantitative estimate of drug-likeness (QED) is 0.793. The molecule has 0 aromatic heterocycles. The molecule has 0 aliphatic heterocycles. The number of Topliss-reactive ketones (excluding diaryl/α,β-unsaturated/α-hetero) is 1. The molecule has 0 radical (unpaired) electrons. The molecule has 0 saturated heterocycles. The van der Waals surface area contributed by atoms with Crippen LogP contribution in [0.15, 0.2) is 0 Å². The molecule has 0 heterocycles. The molecule has 2 nitrogen and oxygen atoms in total. The smallest absolute Gasteiger partial charge is 0.136 e. The lowest BCUT2D eigenvalue weighted by Gasteiger charge is -2.64. The Bertz CT molecular complexity index is 472. The number of hydrogen-bond acceptors (Lipinski definition) is 2. The van der Waals surface area contributed by atoms with Crippen LogP contribution in [0, 0.1) is 34.0 Å². The fourth-order valence-corrected chi connectivity index (χ4v) is 7.50. The molecular weight excluding hydrogens is 260 g/mol. The van der Waals surface area contributed by atoms with Gasteiger partial charge in [0.25, 0.3) is 0 Å². The topological polar surface area (TPSA) is 37.3 Å². The van der Waals surface area contributed by atoms with Crippen LogP contribution in [0.2, 0.25) is 0 Å². The van der Waals surface area contributed by atoms with E-state index in [9.17, 15) is 9.90 Å². The first kappa shape index (κ1) is 14.2. The number of rotatable bonds is 1. The van der Waals surface area contributed by atoms with Crippen LogP contribution in [-0.2, 0) is 4.79 Å². The second kappa shape index (κ2) is 4.34. The summed E-state index contributed by atoms with van der Waals surface area (Å²) in [6.45, 7) is 5.17. The maximum Gasteiger partial charge on any atom is 0.136 e. The minimum Gasteiger partial charge on any atom is -0.396 e. The van der Waals surface area contributed by atoms with Gasteiger partial charge in [0.05, 0.1) is 0 Å². The van der Waals surface area contributed by atoms with Crippen LogP contribution in [0.5, 0.6) is 0 Å². The number of carbonyl (C=O) groups excluding carboxylic acids is 1. The van der Waals surface area contributed by atoms with Crippen molar-refractivity contribution in [2.45, 2.75) is 71.6 Å². The maximum absolute atomic E-state index is 12.3. The van der Waals surface area contributed by atoms with Crippen molar-refractivity contribution in [2.24, 2.45) is 34.0 Å². The third-order valence-corrected chi connectivity index (χ3v) is 8.37. The fraction of sp³-hybridized carbons (Fsp3) is 0.947. The van der Waals surface area contributed by atoms with Crippen LogP contribution in [-0.4, -0.2) is 17.5 Å². The van der Waals surface area contributed by atoms with Gasteiger partial charge >= 0.3 is 0 Å². The van der Waals surface area contributed by atoms with Crippen molar-refractivity contribution < 1.29 is 9.90 Å². The molecule has 4 aliphatic carbocycles. The van der Waals surface area contributed by atoms with Crippen molar-refractivity contribution in [3.63, 3.8) is 0 Å². The Hall–Kier alpha value is -0.370. The zero-order chi connectivity index (χ0) is 14.9. The van der Waals surface area contributed by atoms with Gasteiger partial charge in [-0.2, -0.15) is 0 Å². The Morgan fingerprint density at radius 1 is 1.10 bits per heavy atom. The lowest BCUT2D eigenvalue weighted by Crippen LogP contribution is -2.57. The third kappa shape index (κ3) is 1.72. The van der Waals surface area contributed by atoms with Gasteiger partial charge in [-0.3, -0.25) is 4.79 Å². The van der Waals surface area contributed by atoms with Gasteiger partial charge in [-0.15, -0.1) is 0 Å². The van der Waals surface area contributed by atoms with Gasteiger partial charge in [-0.05, 0) is 73.0 Å². The molecule has 4 saturated carbocycles. The van der Waals surface area contributed by atoms with E-state index >= 15 is 0 Å². The molecule has 21 heavy (non-hydrogen) atoms. The van der Waals surface area contributed by atoms with E-state index in [1.165, 1.54) is 44.9 Å². The molecule has 2 bridgehead atoms. The van der Waals surface area contributed by atoms with Crippen molar-refractivity contribution in [3.8, 4) is 0 Å².